The number of allylic oxidation sites excluding steroid dienone is 2. The molecule has 0 amide bonds. The molecule has 0 aromatic carbocycles. The third kappa shape index (κ3) is 3.56. The summed E-state index contributed by atoms with van der Waals surface area (Å²) in [7, 11) is 0. The van der Waals surface area contributed by atoms with Crippen molar-refractivity contribution in [1.29, 1.82) is 0 Å². The third-order valence-corrected chi connectivity index (χ3v) is 10.0. The molecule has 7 unspecified atom stereocenters. The van der Waals surface area contributed by atoms with Crippen LogP contribution >= 0.6 is 0 Å². The molecule has 5 heteroatoms. The summed E-state index contributed by atoms with van der Waals surface area (Å²) in [6, 6.07) is 0. The molecule has 3 saturated carbocycles. The Morgan fingerprint density at radius 3 is 2.53 bits per heavy atom. The van der Waals surface area contributed by atoms with Crippen molar-refractivity contribution < 1.29 is 23.4 Å². The Hall–Kier alpha value is -0.550. The van der Waals surface area contributed by atoms with E-state index in [1.807, 2.05) is 0 Å². The molecule has 3 fully saturated rings. The number of hydrogen-bond donors (Lipinski definition) is 2. The third-order valence-electron chi connectivity index (χ3n) is 10.0. The quantitative estimate of drug-likeness (QED) is 0.508. The molecule has 2 nitrogen and oxygen atoms in total. The van der Waals surface area contributed by atoms with Crippen molar-refractivity contribution in [3.05, 3.63) is 11.6 Å². The van der Waals surface area contributed by atoms with Gasteiger partial charge in [0.2, 0.25) is 0 Å². The predicted molar refractivity (Wildman–Crippen MR) is 112 cm³/mol. The lowest BCUT2D eigenvalue weighted by Gasteiger charge is -2.56. The molecule has 0 aliphatic heterocycles. The van der Waals surface area contributed by atoms with Crippen molar-refractivity contribution >= 4 is 0 Å². The zero-order valence-electron chi connectivity index (χ0n) is 18.8. The fourth-order valence-corrected chi connectivity index (χ4v) is 7.92. The van der Waals surface area contributed by atoms with E-state index in [4.69, 9.17) is 0 Å². The van der Waals surface area contributed by atoms with Crippen LogP contribution in [0.5, 0.6) is 0 Å². The Morgan fingerprint density at radius 1 is 1.10 bits per heavy atom. The lowest BCUT2D eigenvalue weighted by atomic mass is 9.48. The SMILES string of the molecule is CC12CCC(O)CC1CCC1C2=CCC2(C)C(CCC[C@@](C)(O)C(F)(F)F)CCC12. The van der Waals surface area contributed by atoms with Gasteiger partial charge in [-0.1, -0.05) is 25.5 Å². The first-order valence-corrected chi connectivity index (χ1v) is 12.1. The molecule has 0 radical (unpaired) electrons. The van der Waals surface area contributed by atoms with Crippen molar-refractivity contribution in [1.82, 2.24) is 0 Å². The lowest BCUT2D eigenvalue weighted by Crippen LogP contribution is -2.48. The Bertz CT molecular complexity index is 684. The molecule has 0 saturated heterocycles. The second-order valence-corrected chi connectivity index (χ2v) is 11.6. The van der Waals surface area contributed by atoms with Gasteiger partial charge in [0, 0.05) is 0 Å². The average Bonchev–Trinajstić information content (AvgIpc) is 2.98. The van der Waals surface area contributed by atoms with Crippen LogP contribution in [-0.2, 0) is 0 Å². The van der Waals surface area contributed by atoms with Crippen molar-refractivity contribution in [3.8, 4) is 0 Å². The van der Waals surface area contributed by atoms with Gasteiger partial charge in [0.25, 0.3) is 0 Å². The minimum atomic E-state index is -4.56. The van der Waals surface area contributed by atoms with Gasteiger partial charge in [-0.05, 0) is 112 Å². The van der Waals surface area contributed by atoms with E-state index in [2.05, 4.69) is 19.9 Å². The normalized spacial score (nSPS) is 45.7. The van der Waals surface area contributed by atoms with Crippen LogP contribution < -0.4 is 0 Å². The molecule has 172 valence electrons. The van der Waals surface area contributed by atoms with Crippen LogP contribution in [0.3, 0.4) is 0 Å². The van der Waals surface area contributed by atoms with Gasteiger partial charge in [0.1, 0.15) is 0 Å². The standard InChI is InChI=1S/C25H39F3O2/c1-22-14-11-21-19(8-6-17-15-18(29)10-13-23(17,21)2)20(22)9-7-16(22)5-4-12-24(3,30)25(26,27)28/h11,16-20,29-30H,4-10,12-15H2,1-3H3/t16?,17?,18?,19?,20?,22?,23?,24-/m1/s1. The van der Waals surface area contributed by atoms with Gasteiger partial charge in [-0.15, -0.1) is 0 Å². The van der Waals surface area contributed by atoms with Gasteiger partial charge >= 0.3 is 6.18 Å². The van der Waals surface area contributed by atoms with E-state index in [9.17, 15) is 23.4 Å². The van der Waals surface area contributed by atoms with Crippen molar-refractivity contribution in [2.24, 2.45) is 34.5 Å². The molecule has 0 spiro atoms. The van der Waals surface area contributed by atoms with E-state index in [1.54, 1.807) is 5.57 Å². The molecule has 4 aliphatic carbocycles. The number of aliphatic hydroxyl groups excluding tert-OH is 1. The Labute approximate surface area is 179 Å². The van der Waals surface area contributed by atoms with Crippen LogP contribution in [-0.4, -0.2) is 28.1 Å². The molecular formula is C25H39F3O2. The molecule has 4 aliphatic rings. The molecule has 0 heterocycles. The van der Waals surface area contributed by atoms with E-state index >= 15 is 0 Å². The topological polar surface area (TPSA) is 40.5 Å². The van der Waals surface area contributed by atoms with Crippen molar-refractivity contribution in [3.63, 3.8) is 0 Å². The molecule has 0 aromatic rings. The molecular weight excluding hydrogens is 389 g/mol. The van der Waals surface area contributed by atoms with Crippen LogP contribution in [0.2, 0.25) is 0 Å². The van der Waals surface area contributed by atoms with Crippen LogP contribution in [0.25, 0.3) is 0 Å². The number of fused-ring (bicyclic) bond motifs is 5. The van der Waals surface area contributed by atoms with Crippen LogP contribution in [0, 0.1) is 34.5 Å². The molecule has 0 aromatic heterocycles. The summed E-state index contributed by atoms with van der Waals surface area (Å²) >= 11 is 0. The summed E-state index contributed by atoms with van der Waals surface area (Å²) in [4.78, 5) is 0. The Balaban J connectivity index is 1.46. The zero-order chi connectivity index (χ0) is 21.9. The second kappa shape index (κ2) is 7.50. The molecule has 8 atom stereocenters. The molecule has 0 bridgehead atoms. The van der Waals surface area contributed by atoms with Gasteiger partial charge < -0.3 is 10.2 Å². The van der Waals surface area contributed by atoms with Gasteiger partial charge in [-0.3, -0.25) is 0 Å². The number of halogens is 3. The van der Waals surface area contributed by atoms with Crippen molar-refractivity contribution in [2.75, 3.05) is 0 Å². The molecule has 2 N–H and O–H groups in total. The fourth-order valence-electron chi connectivity index (χ4n) is 7.92. The Kier molecular flexibility index (Phi) is 5.66. The van der Waals surface area contributed by atoms with E-state index in [0.29, 0.717) is 30.1 Å². The Morgan fingerprint density at radius 2 is 1.83 bits per heavy atom. The van der Waals surface area contributed by atoms with Crippen LogP contribution in [0.4, 0.5) is 13.2 Å². The molecule has 30 heavy (non-hydrogen) atoms. The molecule has 4 rings (SSSR count). The van der Waals surface area contributed by atoms with Gasteiger partial charge in [0.05, 0.1) is 6.10 Å². The van der Waals surface area contributed by atoms with Crippen LogP contribution in [0.1, 0.15) is 91.4 Å². The highest BCUT2D eigenvalue weighted by atomic mass is 19.4. The first-order chi connectivity index (χ1) is 13.9. The highest BCUT2D eigenvalue weighted by molar-refractivity contribution is 5.28. The summed E-state index contributed by atoms with van der Waals surface area (Å²) in [6.07, 6.45) is 7.46. The van der Waals surface area contributed by atoms with E-state index in [1.165, 1.54) is 19.3 Å². The maximum absolute atomic E-state index is 13.0. The summed E-state index contributed by atoms with van der Waals surface area (Å²) in [6.45, 7) is 5.71. The van der Waals surface area contributed by atoms with E-state index in [0.717, 1.165) is 45.4 Å². The average molecular weight is 429 g/mol. The minimum absolute atomic E-state index is 0.140. The second-order valence-electron chi connectivity index (χ2n) is 11.6. The predicted octanol–water partition coefficient (Wildman–Crippen LogP) is 6.41. The van der Waals surface area contributed by atoms with Gasteiger partial charge in [-0.25, -0.2) is 0 Å². The number of aliphatic hydroxyl groups is 2. The summed E-state index contributed by atoms with van der Waals surface area (Å²) in [5.41, 5.74) is -0.527. The monoisotopic (exact) mass is 428 g/mol. The first-order valence-electron chi connectivity index (χ1n) is 12.1. The highest BCUT2D eigenvalue weighted by Crippen LogP contribution is 2.66. The number of hydrogen-bond acceptors (Lipinski definition) is 2. The van der Waals surface area contributed by atoms with Gasteiger partial charge in [-0.2, -0.15) is 13.2 Å². The summed E-state index contributed by atoms with van der Waals surface area (Å²) < 4.78 is 39.0. The maximum Gasteiger partial charge on any atom is 0.416 e. The lowest BCUT2D eigenvalue weighted by molar-refractivity contribution is -0.255. The van der Waals surface area contributed by atoms with Gasteiger partial charge in [0.15, 0.2) is 5.60 Å². The van der Waals surface area contributed by atoms with E-state index < -0.39 is 11.8 Å². The summed E-state index contributed by atoms with van der Waals surface area (Å²) in [5.74, 6) is 2.29. The maximum atomic E-state index is 13.0. The van der Waals surface area contributed by atoms with Crippen molar-refractivity contribution in [2.45, 2.75) is 109 Å². The smallest absolute Gasteiger partial charge is 0.393 e. The number of rotatable bonds is 4. The first kappa shape index (κ1) is 22.6. The highest BCUT2D eigenvalue weighted by Gasteiger charge is 2.57. The zero-order valence-corrected chi connectivity index (χ0v) is 18.8. The van der Waals surface area contributed by atoms with E-state index in [-0.39, 0.29) is 23.4 Å². The fraction of sp³-hybridized carbons (Fsp3) is 0.920. The van der Waals surface area contributed by atoms with Crippen LogP contribution in [0.15, 0.2) is 11.6 Å². The minimum Gasteiger partial charge on any atom is -0.393 e. The number of alkyl halides is 3. The summed E-state index contributed by atoms with van der Waals surface area (Å²) in [5, 5.41) is 19.9. The largest absolute Gasteiger partial charge is 0.416 e.